The Hall–Kier alpha value is -1.73. The van der Waals surface area contributed by atoms with Gasteiger partial charge in [-0.2, -0.15) is 11.8 Å². The summed E-state index contributed by atoms with van der Waals surface area (Å²) in [6.45, 7) is 14.7. The molecule has 0 spiro atoms. The fourth-order valence-corrected chi connectivity index (χ4v) is 2.95. The number of thioether (sulfide) groups is 1. The number of hydrogen-bond donors (Lipinski definition) is 0. The molecular formula is C23H30S. The van der Waals surface area contributed by atoms with Gasteiger partial charge in [-0.05, 0) is 55.2 Å². The topological polar surface area (TPSA) is 0 Å². The van der Waals surface area contributed by atoms with E-state index in [9.17, 15) is 0 Å². The van der Waals surface area contributed by atoms with Crippen molar-refractivity contribution in [1.29, 1.82) is 0 Å². The highest BCUT2D eigenvalue weighted by Crippen LogP contribution is 2.20. The van der Waals surface area contributed by atoms with E-state index in [-0.39, 0.29) is 0 Å². The largest absolute Gasteiger partial charge is 0.161 e. The molecule has 0 saturated heterocycles. The van der Waals surface area contributed by atoms with Gasteiger partial charge in [0.1, 0.15) is 0 Å². The standard InChI is InChI=1S/C23H30S/c1-7-22(14-11-19(4)17-24-6)23(8-2)16-20(5)15-21-12-9-18(3)10-13-21/h7,9-14,16H,4-5,8,15,17H2,1-3,6H3/b14-11-,22-7+,23-16+. The summed E-state index contributed by atoms with van der Waals surface area (Å²) in [5.41, 5.74) is 7.47. The van der Waals surface area contributed by atoms with Crippen LogP contribution in [0.5, 0.6) is 0 Å². The van der Waals surface area contributed by atoms with E-state index in [4.69, 9.17) is 0 Å². The Morgan fingerprint density at radius 1 is 1.08 bits per heavy atom. The molecule has 1 aromatic rings. The lowest BCUT2D eigenvalue weighted by atomic mass is 9.97. The van der Waals surface area contributed by atoms with Gasteiger partial charge < -0.3 is 0 Å². The lowest BCUT2D eigenvalue weighted by Crippen LogP contribution is -1.92. The first-order chi connectivity index (χ1) is 11.5. The van der Waals surface area contributed by atoms with E-state index >= 15 is 0 Å². The van der Waals surface area contributed by atoms with Gasteiger partial charge in [-0.25, -0.2) is 0 Å². The summed E-state index contributed by atoms with van der Waals surface area (Å²) in [6.07, 6.45) is 12.7. The van der Waals surface area contributed by atoms with Gasteiger partial charge in [0.2, 0.25) is 0 Å². The highest BCUT2D eigenvalue weighted by Gasteiger charge is 2.02. The SMILES string of the molecule is C=C(\C=C/C(=C\C)C(=C/C(=C)Cc1ccc(C)cc1)/CC)CSC. The van der Waals surface area contributed by atoms with Crippen molar-refractivity contribution in [2.24, 2.45) is 0 Å². The third-order valence-corrected chi connectivity index (χ3v) is 4.48. The van der Waals surface area contributed by atoms with Gasteiger partial charge in [0.15, 0.2) is 0 Å². The minimum Gasteiger partial charge on any atom is -0.161 e. The third kappa shape index (κ3) is 7.23. The van der Waals surface area contributed by atoms with Crippen molar-refractivity contribution in [2.45, 2.75) is 33.6 Å². The number of aryl methyl sites for hydroxylation is 1. The fourth-order valence-electron chi connectivity index (χ4n) is 2.48. The Morgan fingerprint density at radius 2 is 1.75 bits per heavy atom. The first-order valence-corrected chi connectivity index (χ1v) is 9.84. The quantitative estimate of drug-likeness (QED) is 0.444. The molecule has 0 fully saturated rings. The molecule has 128 valence electrons. The molecule has 0 N–H and O–H groups in total. The Labute approximate surface area is 152 Å². The predicted molar refractivity (Wildman–Crippen MR) is 113 cm³/mol. The maximum atomic E-state index is 4.25. The molecule has 0 aliphatic carbocycles. The minimum atomic E-state index is 0.893. The second kappa shape index (κ2) is 10.9. The first-order valence-electron chi connectivity index (χ1n) is 8.45. The molecule has 0 bridgehead atoms. The molecule has 0 atom stereocenters. The van der Waals surface area contributed by atoms with Gasteiger partial charge in [0.05, 0.1) is 0 Å². The van der Waals surface area contributed by atoms with Crippen LogP contribution in [0.4, 0.5) is 0 Å². The maximum Gasteiger partial charge on any atom is 0.0175 e. The molecule has 24 heavy (non-hydrogen) atoms. The molecule has 1 rings (SSSR count). The van der Waals surface area contributed by atoms with Crippen LogP contribution in [0.15, 0.2) is 84.0 Å². The van der Waals surface area contributed by atoms with Crippen LogP contribution in [-0.2, 0) is 6.42 Å². The van der Waals surface area contributed by atoms with Gasteiger partial charge >= 0.3 is 0 Å². The van der Waals surface area contributed by atoms with Gasteiger partial charge in [-0.1, -0.05) is 79.8 Å². The van der Waals surface area contributed by atoms with E-state index < -0.39 is 0 Å². The molecule has 0 aliphatic rings. The van der Waals surface area contributed by atoms with Crippen molar-refractivity contribution >= 4 is 11.8 Å². The molecule has 0 nitrogen and oxygen atoms in total. The van der Waals surface area contributed by atoms with Gasteiger partial charge in [0.25, 0.3) is 0 Å². The molecule has 0 unspecified atom stereocenters. The summed E-state index contributed by atoms with van der Waals surface area (Å²) in [5, 5.41) is 0. The maximum absolute atomic E-state index is 4.25. The second-order valence-electron chi connectivity index (χ2n) is 6.01. The van der Waals surface area contributed by atoms with E-state index in [0.717, 1.165) is 29.7 Å². The zero-order valence-electron chi connectivity index (χ0n) is 15.6. The molecule has 0 heterocycles. The van der Waals surface area contributed by atoms with Crippen molar-refractivity contribution in [3.8, 4) is 0 Å². The van der Waals surface area contributed by atoms with Crippen LogP contribution in [0.3, 0.4) is 0 Å². The zero-order valence-corrected chi connectivity index (χ0v) is 16.4. The number of benzene rings is 1. The van der Waals surface area contributed by atoms with Crippen LogP contribution in [0, 0.1) is 6.92 Å². The number of hydrogen-bond acceptors (Lipinski definition) is 1. The highest BCUT2D eigenvalue weighted by molar-refractivity contribution is 7.98. The number of rotatable bonds is 9. The molecule has 0 aliphatic heterocycles. The molecule has 0 aromatic heterocycles. The normalized spacial score (nSPS) is 12.7. The van der Waals surface area contributed by atoms with Crippen LogP contribution >= 0.6 is 11.8 Å². The average Bonchev–Trinajstić information content (AvgIpc) is 2.56. The van der Waals surface area contributed by atoms with Crippen molar-refractivity contribution in [3.63, 3.8) is 0 Å². The van der Waals surface area contributed by atoms with E-state index in [0.29, 0.717) is 0 Å². The van der Waals surface area contributed by atoms with Crippen molar-refractivity contribution in [2.75, 3.05) is 12.0 Å². The Morgan fingerprint density at radius 3 is 2.29 bits per heavy atom. The van der Waals surface area contributed by atoms with Crippen molar-refractivity contribution < 1.29 is 0 Å². The molecule has 0 amide bonds. The van der Waals surface area contributed by atoms with E-state index in [2.05, 4.69) is 88.8 Å². The monoisotopic (exact) mass is 338 g/mol. The van der Waals surface area contributed by atoms with Crippen LogP contribution in [0.25, 0.3) is 0 Å². The minimum absolute atomic E-state index is 0.893. The summed E-state index contributed by atoms with van der Waals surface area (Å²) in [7, 11) is 0. The third-order valence-electron chi connectivity index (χ3n) is 3.82. The first kappa shape index (κ1) is 20.3. The molecular weight excluding hydrogens is 308 g/mol. The Bertz CT molecular complexity index is 639. The lowest BCUT2D eigenvalue weighted by molar-refractivity contribution is 1.10. The number of allylic oxidation sites excluding steroid dienone is 7. The average molecular weight is 339 g/mol. The van der Waals surface area contributed by atoms with Crippen LogP contribution in [-0.4, -0.2) is 12.0 Å². The van der Waals surface area contributed by atoms with Crippen LogP contribution in [0.1, 0.15) is 31.4 Å². The molecule has 1 heteroatoms. The molecule has 1 aromatic carbocycles. The zero-order chi connectivity index (χ0) is 17.9. The van der Waals surface area contributed by atoms with Gasteiger partial charge in [-0.3, -0.25) is 0 Å². The summed E-state index contributed by atoms with van der Waals surface area (Å²) in [6, 6.07) is 8.68. The smallest absolute Gasteiger partial charge is 0.0175 e. The highest BCUT2D eigenvalue weighted by atomic mass is 32.2. The van der Waals surface area contributed by atoms with Gasteiger partial charge in [-0.15, -0.1) is 0 Å². The summed E-state index contributed by atoms with van der Waals surface area (Å²) < 4.78 is 0. The lowest BCUT2D eigenvalue weighted by Gasteiger charge is -2.09. The van der Waals surface area contributed by atoms with Crippen LogP contribution in [0.2, 0.25) is 0 Å². The van der Waals surface area contributed by atoms with E-state index in [1.54, 1.807) is 11.8 Å². The van der Waals surface area contributed by atoms with E-state index in [1.165, 1.54) is 22.3 Å². The van der Waals surface area contributed by atoms with E-state index in [1.807, 2.05) is 0 Å². The van der Waals surface area contributed by atoms with Gasteiger partial charge in [0, 0.05) is 5.75 Å². The van der Waals surface area contributed by atoms with Crippen molar-refractivity contribution in [3.05, 3.63) is 95.1 Å². The Kier molecular flexibility index (Phi) is 9.26. The summed E-state index contributed by atoms with van der Waals surface area (Å²) >= 11 is 1.80. The van der Waals surface area contributed by atoms with Crippen molar-refractivity contribution in [1.82, 2.24) is 0 Å². The fraction of sp³-hybridized carbons (Fsp3) is 0.304. The second-order valence-corrected chi connectivity index (χ2v) is 6.88. The molecule has 0 radical (unpaired) electrons. The molecule has 0 saturated carbocycles. The Balaban J connectivity index is 2.84. The van der Waals surface area contributed by atoms with Crippen LogP contribution < -0.4 is 0 Å². The predicted octanol–water partition coefficient (Wildman–Crippen LogP) is 6.85. The summed E-state index contributed by atoms with van der Waals surface area (Å²) in [5.74, 6) is 0.971. The summed E-state index contributed by atoms with van der Waals surface area (Å²) in [4.78, 5) is 0.